The Hall–Kier alpha value is -3.14. The molecule has 180 valence electrons. The number of carbonyl (C=O) groups is 1. The van der Waals surface area contributed by atoms with Crippen molar-refractivity contribution in [2.24, 2.45) is 12.0 Å². The van der Waals surface area contributed by atoms with Crippen LogP contribution in [0.2, 0.25) is 5.02 Å². The molecular weight excluding hydrogens is 448 g/mol. The van der Waals surface area contributed by atoms with Crippen LogP contribution >= 0.6 is 11.6 Å². The van der Waals surface area contributed by atoms with Gasteiger partial charge in [-0.05, 0) is 60.4 Å². The second-order valence-corrected chi connectivity index (χ2v) is 8.38. The third-order valence-corrected chi connectivity index (χ3v) is 5.62. The molecule has 7 heteroatoms. The van der Waals surface area contributed by atoms with Gasteiger partial charge < -0.3 is 14.6 Å². The van der Waals surface area contributed by atoms with E-state index >= 15 is 0 Å². The molecule has 2 aromatic rings. The highest BCUT2D eigenvalue weighted by atomic mass is 35.5. The van der Waals surface area contributed by atoms with Crippen molar-refractivity contribution >= 4 is 29.3 Å². The molecule has 0 saturated heterocycles. The maximum Gasteiger partial charge on any atom is 0.222 e. The summed E-state index contributed by atoms with van der Waals surface area (Å²) in [5.74, 6) is 2.57. The maximum absolute atomic E-state index is 12.5. The highest BCUT2D eigenvalue weighted by Gasteiger charge is 2.21. The third-order valence-electron chi connectivity index (χ3n) is 5.39. The summed E-state index contributed by atoms with van der Waals surface area (Å²) in [6, 6.07) is 5.52. The fourth-order valence-corrected chi connectivity index (χ4v) is 3.80. The van der Waals surface area contributed by atoms with E-state index in [2.05, 4.69) is 27.8 Å². The number of nitrogens with zero attached hydrogens (tertiary/aromatic N) is 3. The summed E-state index contributed by atoms with van der Waals surface area (Å²) in [4.78, 5) is 21.1. The molecule has 34 heavy (non-hydrogen) atoms. The summed E-state index contributed by atoms with van der Waals surface area (Å²) in [6.45, 7) is 7.20. The molecule has 1 N–H and O–H groups in total. The summed E-state index contributed by atoms with van der Waals surface area (Å²) in [5.41, 5.74) is 4.92. The van der Waals surface area contributed by atoms with Crippen molar-refractivity contribution < 1.29 is 9.53 Å². The van der Waals surface area contributed by atoms with Gasteiger partial charge in [0.15, 0.2) is 0 Å². The number of aryl methyl sites for hydroxylation is 1. The molecule has 0 fully saturated rings. The number of nitrogens with one attached hydrogen (secondary N) is 1. The lowest BCUT2D eigenvalue weighted by Crippen LogP contribution is -2.30. The number of amides is 1. The van der Waals surface area contributed by atoms with Crippen LogP contribution in [0.4, 0.5) is 0 Å². The van der Waals surface area contributed by atoms with Crippen LogP contribution in [0.15, 0.2) is 53.9 Å². The smallest absolute Gasteiger partial charge is 0.222 e. The normalized spacial score (nSPS) is 12.5. The van der Waals surface area contributed by atoms with E-state index < -0.39 is 0 Å². The number of halogens is 1. The van der Waals surface area contributed by atoms with Crippen molar-refractivity contribution in [2.45, 2.75) is 38.6 Å². The van der Waals surface area contributed by atoms with E-state index in [9.17, 15) is 4.79 Å². The van der Waals surface area contributed by atoms with Crippen molar-refractivity contribution in [2.75, 3.05) is 20.3 Å². The van der Waals surface area contributed by atoms with Gasteiger partial charge in [0.2, 0.25) is 5.91 Å². The first-order chi connectivity index (χ1) is 16.4. The largest absolute Gasteiger partial charge is 0.384 e. The predicted octanol–water partition coefficient (Wildman–Crippen LogP) is 4.95. The summed E-state index contributed by atoms with van der Waals surface area (Å²) in [6.07, 6.45) is 14.8. The first-order valence-electron chi connectivity index (χ1n) is 11.2. The first-order valence-corrected chi connectivity index (χ1v) is 11.5. The lowest BCUT2D eigenvalue weighted by atomic mass is 9.91. The van der Waals surface area contributed by atoms with E-state index in [1.165, 1.54) is 0 Å². The topological polar surface area (TPSA) is 68.5 Å². The van der Waals surface area contributed by atoms with E-state index in [0.717, 1.165) is 28.0 Å². The molecule has 1 aromatic carbocycles. The number of imidazole rings is 1. The Morgan fingerprint density at radius 3 is 2.91 bits per heavy atom. The van der Waals surface area contributed by atoms with Crippen molar-refractivity contribution in [1.29, 1.82) is 0 Å². The first kappa shape index (κ1) is 27.1. The number of rotatable bonds is 13. The average molecular weight is 481 g/mol. The zero-order valence-electron chi connectivity index (χ0n) is 20.2. The molecule has 0 aliphatic rings. The molecule has 1 aromatic heterocycles. The summed E-state index contributed by atoms with van der Waals surface area (Å²) < 4.78 is 6.94. The van der Waals surface area contributed by atoms with Crippen LogP contribution in [0.3, 0.4) is 0 Å². The number of hydrogen-bond acceptors (Lipinski definition) is 4. The summed E-state index contributed by atoms with van der Waals surface area (Å²) >= 11 is 6.36. The SMILES string of the molecule is C#CC/C=C(\CN=CC)Cc1ccc(Cl)cc1C(=C)C[C@@H](NC(=O)CCOC)c1cncn1C. The number of allylic oxidation sites excluding steroid dienone is 1. The highest BCUT2D eigenvalue weighted by Crippen LogP contribution is 2.31. The number of aromatic nitrogens is 2. The molecule has 0 saturated carbocycles. The van der Waals surface area contributed by atoms with Crippen LogP contribution in [-0.4, -0.2) is 41.9 Å². The minimum atomic E-state index is -0.294. The van der Waals surface area contributed by atoms with Crippen molar-refractivity contribution in [1.82, 2.24) is 14.9 Å². The van der Waals surface area contributed by atoms with Crippen LogP contribution in [0, 0.1) is 12.3 Å². The fourth-order valence-electron chi connectivity index (χ4n) is 3.63. The van der Waals surface area contributed by atoms with Gasteiger partial charge in [-0.1, -0.05) is 30.3 Å². The van der Waals surface area contributed by atoms with Crippen LogP contribution in [0.1, 0.15) is 49.0 Å². The molecular formula is C27H33ClN4O2. The van der Waals surface area contributed by atoms with Gasteiger partial charge in [-0.25, -0.2) is 4.98 Å². The monoisotopic (exact) mass is 480 g/mol. The number of carbonyl (C=O) groups excluding carboxylic acids is 1. The lowest BCUT2D eigenvalue weighted by molar-refractivity contribution is -0.122. The minimum Gasteiger partial charge on any atom is -0.384 e. The average Bonchev–Trinajstić information content (AvgIpc) is 3.25. The molecule has 6 nitrogen and oxygen atoms in total. The summed E-state index contributed by atoms with van der Waals surface area (Å²) in [7, 11) is 3.48. The van der Waals surface area contributed by atoms with Gasteiger partial charge in [-0.2, -0.15) is 0 Å². The zero-order valence-corrected chi connectivity index (χ0v) is 20.9. The Labute approximate surface area is 207 Å². The molecule has 0 aliphatic carbocycles. The number of aliphatic imine (C=N–C) groups is 1. The molecule has 1 atom stereocenters. The van der Waals surface area contributed by atoms with Gasteiger partial charge in [0.25, 0.3) is 0 Å². The fraction of sp³-hybridized carbons (Fsp3) is 0.370. The van der Waals surface area contributed by atoms with E-state index in [1.54, 1.807) is 25.8 Å². The molecule has 0 unspecified atom stereocenters. The molecule has 0 aliphatic heterocycles. The quantitative estimate of drug-likeness (QED) is 0.250. The highest BCUT2D eigenvalue weighted by molar-refractivity contribution is 6.30. The number of methoxy groups -OCH3 is 1. The Kier molecular flexibility index (Phi) is 11.3. The van der Waals surface area contributed by atoms with Gasteiger partial charge in [0.1, 0.15) is 0 Å². The molecule has 0 radical (unpaired) electrons. The molecule has 1 amide bonds. The number of benzene rings is 1. The van der Waals surface area contributed by atoms with Crippen LogP contribution in [0.25, 0.3) is 5.57 Å². The number of ether oxygens (including phenoxy) is 1. The van der Waals surface area contributed by atoms with E-state index in [1.807, 2.05) is 42.8 Å². The molecule has 1 heterocycles. The Bertz CT molecular complexity index is 1080. The van der Waals surface area contributed by atoms with Crippen molar-refractivity contribution in [3.05, 3.63) is 70.8 Å². The zero-order chi connectivity index (χ0) is 24.9. The van der Waals surface area contributed by atoms with Crippen molar-refractivity contribution in [3.8, 4) is 12.3 Å². The van der Waals surface area contributed by atoms with Crippen molar-refractivity contribution in [3.63, 3.8) is 0 Å². The van der Waals surface area contributed by atoms with Gasteiger partial charge in [0, 0.05) is 32.0 Å². The summed E-state index contributed by atoms with van der Waals surface area (Å²) in [5, 5.41) is 3.73. The Morgan fingerprint density at radius 1 is 1.47 bits per heavy atom. The Balaban J connectivity index is 2.33. The lowest BCUT2D eigenvalue weighted by Gasteiger charge is -2.22. The maximum atomic E-state index is 12.5. The predicted molar refractivity (Wildman–Crippen MR) is 140 cm³/mol. The van der Waals surface area contributed by atoms with E-state index in [-0.39, 0.29) is 18.4 Å². The van der Waals surface area contributed by atoms with Gasteiger partial charge in [-0.3, -0.25) is 9.79 Å². The second-order valence-electron chi connectivity index (χ2n) is 7.95. The molecule has 2 rings (SSSR count). The van der Waals surface area contributed by atoms with E-state index in [4.69, 9.17) is 22.8 Å². The van der Waals surface area contributed by atoms with Crippen LogP contribution in [0.5, 0.6) is 0 Å². The third kappa shape index (κ3) is 8.33. The van der Waals surface area contributed by atoms with Crippen LogP contribution < -0.4 is 5.32 Å². The Morgan fingerprint density at radius 2 is 2.26 bits per heavy atom. The van der Waals surface area contributed by atoms with E-state index in [0.29, 0.717) is 37.4 Å². The number of terminal acetylenes is 1. The van der Waals surface area contributed by atoms with Gasteiger partial charge >= 0.3 is 0 Å². The molecule has 0 bridgehead atoms. The minimum absolute atomic E-state index is 0.0934. The van der Waals surface area contributed by atoms with Gasteiger partial charge in [-0.15, -0.1) is 12.3 Å². The standard InChI is InChI=1S/C27H33ClN4O2/c1-6-8-9-21(17-29-7-2)15-22-10-11-23(28)16-24(22)20(3)14-25(26-18-30-19-32(26)4)31-27(33)12-13-34-5/h1,7,9-11,16,18-19,25H,3,8,12-15,17H2,2,4-5H3,(H,31,33)/b21-9-,29-7?/t25-/m1/s1. The number of hydrogen-bond donors (Lipinski definition) is 1. The van der Waals surface area contributed by atoms with Crippen LogP contribution in [-0.2, 0) is 23.0 Å². The molecule has 0 spiro atoms. The van der Waals surface area contributed by atoms with Gasteiger partial charge in [0.05, 0.1) is 37.4 Å². The second kappa shape index (κ2) is 14.2.